The zero-order valence-corrected chi connectivity index (χ0v) is 8.59. The summed E-state index contributed by atoms with van der Waals surface area (Å²) in [5, 5.41) is 0. The summed E-state index contributed by atoms with van der Waals surface area (Å²) in [6.45, 7) is 0.991. The van der Waals surface area contributed by atoms with Crippen molar-refractivity contribution < 1.29 is 21.6 Å². The third-order valence-corrected chi connectivity index (χ3v) is 4.49. The molecule has 13 heavy (non-hydrogen) atoms. The first kappa shape index (κ1) is 12.2. The molecule has 76 valence electrons. The molecule has 9 heteroatoms. The van der Waals surface area contributed by atoms with Crippen LogP contribution in [0.1, 0.15) is 6.92 Å². The first-order valence-electron chi connectivity index (χ1n) is 3.07. The lowest BCUT2D eigenvalue weighted by atomic mass is 10.8. The van der Waals surface area contributed by atoms with Crippen LogP contribution in [-0.4, -0.2) is 39.4 Å². The van der Waals surface area contributed by atoms with Crippen LogP contribution in [0.2, 0.25) is 0 Å². The van der Waals surface area contributed by atoms with Gasteiger partial charge in [-0.15, -0.1) is 0 Å². The normalized spacial score (nSPS) is 12.5. The molecule has 0 saturated carbocycles. The molecule has 0 aliphatic heterocycles. The Balaban J connectivity index is 5.39. The van der Waals surface area contributed by atoms with Gasteiger partial charge in [-0.3, -0.25) is 0 Å². The van der Waals surface area contributed by atoms with Crippen molar-refractivity contribution in [2.45, 2.75) is 6.92 Å². The molecule has 7 nitrogen and oxygen atoms in total. The van der Waals surface area contributed by atoms with Crippen LogP contribution >= 0.6 is 0 Å². The van der Waals surface area contributed by atoms with Crippen LogP contribution in [0.3, 0.4) is 0 Å². The van der Waals surface area contributed by atoms with Crippen LogP contribution < -0.4 is 0 Å². The largest absolute Gasteiger partial charge is 0.345 e. The second-order valence-corrected chi connectivity index (χ2v) is 5.67. The van der Waals surface area contributed by atoms with Crippen LogP contribution in [0.5, 0.6) is 0 Å². The Hall–Kier alpha value is -0.760. The minimum Gasteiger partial charge on any atom is -0.211 e. The topological polar surface area (TPSA) is 101 Å². The molecule has 0 bridgehead atoms. The molecule has 0 saturated heterocycles. The van der Waals surface area contributed by atoms with Gasteiger partial charge in [-0.05, 0) is 0 Å². The molecule has 0 heterocycles. The van der Waals surface area contributed by atoms with Crippen LogP contribution in [-0.2, 0) is 25.0 Å². The van der Waals surface area contributed by atoms with Gasteiger partial charge in [-0.25, -0.2) is 13.2 Å². The average Bonchev–Trinajstić information content (AvgIpc) is 1.83. The Labute approximate surface area is 76.3 Å². The summed E-state index contributed by atoms with van der Waals surface area (Å²) in [7, 11) is -8.36. The molecule has 0 aromatic carbocycles. The Morgan fingerprint density at radius 2 is 1.77 bits per heavy atom. The molecule has 0 fully saturated rings. The van der Waals surface area contributed by atoms with E-state index in [2.05, 4.69) is 4.40 Å². The molecule has 0 atom stereocenters. The van der Waals surface area contributed by atoms with Gasteiger partial charge in [-0.2, -0.15) is 8.42 Å². The summed E-state index contributed by atoms with van der Waals surface area (Å²) in [6.07, 6.45) is 1.48. The third-order valence-electron chi connectivity index (χ3n) is 1.04. The van der Waals surface area contributed by atoms with Gasteiger partial charge >= 0.3 is 10.2 Å². The molecule has 0 rings (SSSR count). The van der Waals surface area contributed by atoms with E-state index >= 15 is 0 Å². The van der Waals surface area contributed by atoms with Crippen molar-refractivity contribution in [1.29, 1.82) is 0 Å². The highest BCUT2D eigenvalue weighted by Crippen LogP contribution is 2.06. The predicted octanol–water partition coefficient (Wildman–Crippen LogP) is -1.15. The maximum absolute atomic E-state index is 10.9. The Morgan fingerprint density at radius 3 is 2.00 bits per heavy atom. The lowest BCUT2D eigenvalue weighted by molar-refractivity contribution is 0.510. The van der Waals surface area contributed by atoms with Crippen LogP contribution in [0.4, 0.5) is 0 Å². The minimum atomic E-state index is -4.43. The molecular formula is C4H8N2O5S2. The van der Waals surface area contributed by atoms with Gasteiger partial charge in [0.1, 0.15) is 0 Å². The Bertz CT molecular complexity index is 415. The maximum atomic E-state index is 10.9. The summed E-state index contributed by atoms with van der Waals surface area (Å²) in [4.78, 5) is 9.68. The van der Waals surface area contributed by atoms with Gasteiger partial charge in [0, 0.05) is 6.54 Å². The summed E-state index contributed by atoms with van der Waals surface area (Å²) in [5.74, 6) is 0. The van der Waals surface area contributed by atoms with Crippen LogP contribution in [0, 0.1) is 0 Å². The maximum Gasteiger partial charge on any atom is 0.345 e. The molecule has 0 aliphatic rings. The standard InChI is InChI=1S/C4H8N2O5S2/c1-3-6(12(2,8)9)13(10,11)5-4-7/h3H2,1-2H3. The van der Waals surface area contributed by atoms with Gasteiger partial charge in [0.05, 0.1) is 6.26 Å². The van der Waals surface area contributed by atoms with Crippen molar-refractivity contribution in [2.24, 2.45) is 4.40 Å². The summed E-state index contributed by atoms with van der Waals surface area (Å²) >= 11 is 0. The predicted molar refractivity (Wildman–Crippen MR) is 44.3 cm³/mol. The number of carbonyl (C=O) groups excluding carboxylic acids is 1. The van der Waals surface area contributed by atoms with Gasteiger partial charge in [0.2, 0.25) is 10.0 Å². The number of hydrogen-bond acceptors (Lipinski definition) is 5. The fraction of sp³-hybridized carbons (Fsp3) is 0.750. The van der Waals surface area contributed by atoms with E-state index in [-0.39, 0.29) is 10.3 Å². The summed E-state index contributed by atoms with van der Waals surface area (Å²) in [6, 6.07) is 0. The molecule has 0 spiro atoms. The minimum absolute atomic E-state index is 0.102. The molecule has 0 aliphatic carbocycles. The van der Waals surface area contributed by atoms with Gasteiger partial charge in [-0.1, -0.05) is 15.0 Å². The first-order valence-corrected chi connectivity index (χ1v) is 6.32. The van der Waals surface area contributed by atoms with E-state index in [1.807, 2.05) is 0 Å². The van der Waals surface area contributed by atoms with Crippen molar-refractivity contribution in [3.8, 4) is 0 Å². The number of nitrogens with zero attached hydrogens (tertiary/aromatic N) is 2. The molecule has 0 aromatic rings. The number of sulfonamides is 1. The number of isocyanates is 1. The Kier molecular flexibility index (Phi) is 3.73. The van der Waals surface area contributed by atoms with E-state index in [0.717, 1.165) is 6.08 Å². The van der Waals surface area contributed by atoms with Crippen molar-refractivity contribution in [3.05, 3.63) is 0 Å². The third kappa shape index (κ3) is 3.23. The highest BCUT2D eigenvalue weighted by atomic mass is 32.3. The smallest absolute Gasteiger partial charge is 0.211 e. The van der Waals surface area contributed by atoms with Gasteiger partial charge in [0.25, 0.3) is 6.08 Å². The molecule has 0 radical (unpaired) electrons. The number of rotatable bonds is 4. The monoisotopic (exact) mass is 228 g/mol. The summed E-state index contributed by atoms with van der Waals surface area (Å²) < 4.78 is 46.0. The summed E-state index contributed by atoms with van der Waals surface area (Å²) in [5.41, 5.74) is 0. The second-order valence-electron chi connectivity index (χ2n) is 2.01. The van der Waals surface area contributed by atoms with Crippen molar-refractivity contribution in [3.63, 3.8) is 0 Å². The lowest BCUT2D eigenvalue weighted by Gasteiger charge is -2.12. The van der Waals surface area contributed by atoms with Gasteiger partial charge < -0.3 is 0 Å². The second kappa shape index (κ2) is 3.97. The average molecular weight is 228 g/mol. The quantitative estimate of drug-likeness (QED) is 0.446. The lowest BCUT2D eigenvalue weighted by Crippen LogP contribution is -2.34. The molecule has 0 unspecified atom stereocenters. The van der Waals surface area contributed by atoms with Crippen molar-refractivity contribution in [1.82, 2.24) is 3.71 Å². The van der Waals surface area contributed by atoms with E-state index in [1.54, 1.807) is 0 Å². The highest BCUT2D eigenvalue weighted by Gasteiger charge is 2.28. The van der Waals surface area contributed by atoms with Crippen LogP contribution in [0.25, 0.3) is 0 Å². The van der Waals surface area contributed by atoms with E-state index < -0.39 is 20.2 Å². The van der Waals surface area contributed by atoms with Crippen molar-refractivity contribution in [2.75, 3.05) is 12.8 Å². The fourth-order valence-electron chi connectivity index (χ4n) is 0.661. The highest BCUT2D eigenvalue weighted by molar-refractivity contribution is 8.03. The van der Waals surface area contributed by atoms with E-state index in [1.165, 1.54) is 6.92 Å². The van der Waals surface area contributed by atoms with E-state index in [4.69, 9.17) is 0 Å². The van der Waals surface area contributed by atoms with Gasteiger partial charge in [0.15, 0.2) is 0 Å². The first-order chi connectivity index (χ1) is 5.75. The molecule has 0 aromatic heterocycles. The van der Waals surface area contributed by atoms with Crippen molar-refractivity contribution >= 4 is 26.3 Å². The molecule has 0 amide bonds. The number of hydrogen-bond donors (Lipinski definition) is 0. The van der Waals surface area contributed by atoms with E-state index in [0.29, 0.717) is 6.26 Å². The zero-order chi connectivity index (χ0) is 10.7. The zero-order valence-electron chi connectivity index (χ0n) is 6.96. The van der Waals surface area contributed by atoms with E-state index in [9.17, 15) is 21.6 Å². The molecule has 0 N–H and O–H groups in total. The Morgan fingerprint density at radius 1 is 1.31 bits per heavy atom. The fourth-order valence-corrected chi connectivity index (χ4v) is 3.11. The molecular weight excluding hydrogens is 220 g/mol. The SMILES string of the molecule is CCN(S(C)(=O)=O)S(=O)(=O)N=C=O. The van der Waals surface area contributed by atoms with Crippen LogP contribution in [0.15, 0.2) is 4.40 Å².